The molecule has 0 radical (unpaired) electrons. The second-order valence-electron chi connectivity index (χ2n) is 3.18. The lowest BCUT2D eigenvalue weighted by molar-refractivity contribution is -0.147. The fourth-order valence-corrected chi connectivity index (χ4v) is 1.02. The summed E-state index contributed by atoms with van der Waals surface area (Å²) in [6.07, 6.45) is 0.875. The van der Waals surface area contributed by atoms with E-state index < -0.39 is 0 Å². The van der Waals surface area contributed by atoms with Crippen LogP contribution in [0.1, 0.15) is 27.2 Å². The van der Waals surface area contributed by atoms with Gasteiger partial charge in [0.05, 0.1) is 6.61 Å². The Hall–Kier alpha value is -0.570. The molecule has 0 aromatic carbocycles. The average Bonchev–Trinajstić information content (AvgIpc) is 2.01. The van der Waals surface area contributed by atoms with Gasteiger partial charge in [0.15, 0.2) is 0 Å². The largest absolute Gasteiger partial charge is 0.465 e. The van der Waals surface area contributed by atoms with Crippen LogP contribution in [0.25, 0.3) is 0 Å². The molecule has 0 aliphatic rings. The predicted molar refractivity (Wildman–Crippen MR) is 48.9 cm³/mol. The van der Waals surface area contributed by atoms with Gasteiger partial charge in [0.1, 0.15) is 6.04 Å². The van der Waals surface area contributed by atoms with Crippen LogP contribution in [-0.2, 0) is 9.53 Å². The number of rotatable bonds is 5. The summed E-state index contributed by atoms with van der Waals surface area (Å²) in [5.74, 6) is 0.133. The minimum Gasteiger partial charge on any atom is -0.465 e. The maximum absolute atomic E-state index is 11.3. The molecule has 72 valence electrons. The molecule has 3 heteroatoms. The highest BCUT2D eigenvalue weighted by Gasteiger charge is 2.20. The molecule has 0 aromatic heterocycles. The van der Waals surface area contributed by atoms with Crippen molar-refractivity contribution >= 4 is 5.97 Å². The van der Waals surface area contributed by atoms with Gasteiger partial charge in [-0.15, -0.1) is 0 Å². The van der Waals surface area contributed by atoms with Crippen molar-refractivity contribution in [2.75, 3.05) is 13.7 Å². The van der Waals surface area contributed by atoms with E-state index in [1.807, 2.05) is 20.8 Å². The van der Waals surface area contributed by atoms with E-state index in [0.717, 1.165) is 6.42 Å². The van der Waals surface area contributed by atoms with Crippen LogP contribution >= 0.6 is 0 Å². The maximum atomic E-state index is 11.3. The van der Waals surface area contributed by atoms with Crippen molar-refractivity contribution in [1.29, 1.82) is 0 Å². The molecule has 0 saturated carbocycles. The topological polar surface area (TPSA) is 38.3 Å². The number of hydrogen-bond acceptors (Lipinski definition) is 3. The van der Waals surface area contributed by atoms with Gasteiger partial charge in [0.25, 0.3) is 0 Å². The van der Waals surface area contributed by atoms with Gasteiger partial charge in [0.2, 0.25) is 0 Å². The number of carbonyl (C=O) groups excluding carboxylic acids is 1. The van der Waals surface area contributed by atoms with Gasteiger partial charge in [-0.2, -0.15) is 0 Å². The number of hydrogen-bond donors (Lipinski definition) is 1. The number of esters is 1. The molecule has 0 saturated heterocycles. The first-order chi connectivity index (χ1) is 5.63. The SMILES string of the molecule is CCCOC(=O)C(NC)C(C)C. The van der Waals surface area contributed by atoms with Crippen molar-refractivity contribution < 1.29 is 9.53 Å². The average molecular weight is 173 g/mol. The van der Waals surface area contributed by atoms with Gasteiger partial charge < -0.3 is 10.1 Å². The summed E-state index contributed by atoms with van der Waals surface area (Å²) in [5.41, 5.74) is 0. The molecule has 3 nitrogen and oxygen atoms in total. The van der Waals surface area contributed by atoms with E-state index in [4.69, 9.17) is 4.74 Å². The molecule has 0 aromatic rings. The molecular weight excluding hydrogens is 154 g/mol. The van der Waals surface area contributed by atoms with Crippen molar-refractivity contribution in [2.45, 2.75) is 33.2 Å². The minimum absolute atomic E-state index is 0.144. The molecule has 0 rings (SSSR count). The summed E-state index contributed by atoms with van der Waals surface area (Å²) in [4.78, 5) is 11.3. The van der Waals surface area contributed by atoms with E-state index in [0.29, 0.717) is 6.61 Å². The van der Waals surface area contributed by atoms with E-state index in [9.17, 15) is 4.79 Å². The van der Waals surface area contributed by atoms with Crippen molar-refractivity contribution in [1.82, 2.24) is 5.32 Å². The molecule has 0 aliphatic heterocycles. The Morgan fingerprint density at radius 1 is 1.50 bits per heavy atom. The third-order valence-electron chi connectivity index (χ3n) is 1.68. The Labute approximate surface area is 74.5 Å². The number of nitrogens with one attached hydrogen (secondary N) is 1. The molecule has 0 spiro atoms. The molecule has 12 heavy (non-hydrogen) atoms. The zero-order valence-electron chi connectivity index (χ0n) is 8.39. The van der Waals surface area contributed by atoms with Gasteiger partial charge in [-0.25, -0.2) is 0 Å². The Kier molecular flexibility index (Phi) is 5.72. The Bertz CT molecular complexity index is 134. The van der Waals surface area contributed by atoms with Gasteiger partial charge in [0, 0.05) is 0 Å². The Balaban J connectivity index is 3.86. The zero-order chi connectivity index (χ0) is 9.56. The minimum atomic E-state index is -0.170. The van der Waals surface area contributed by atoms with Crippen molar-refractivity contribution in [2.24, 2.45) is 5.92 Å². The first-order valence-corrected chi connectivity index (χ1v) is 4.47. The number of likely N-dealkylation sites (N-methyl/N-ethyl adjacent to an activating group) is 1. The van der Waals surface area contributed by atoms with Crippen LogP contribution in [0.15, 0.2) is 0 Å². The quantitative estimate of drug-likeness (QED) is 0.634. The molecular formula is C9H19NO2. The first kappa shape index (κ1) is 11.4. The molecule has 0 bridgehead atoms. The summed E-state index contributed by atoms with van der Waals surface area (Å²) in [7, 11) is 1.78. The normalized spacial score (nSPS) is 13.1. The number of carbonyl (C=O) groups is 1. The van der Waals surface area contributed by atoms with Crippen LogP contribution in [0.3, 0.4) is 0 Å². The zero-order valence-corrected chi connectivity index (χ0v) is 8.39. The highest BCUT2D eigenvalue weighted by atomic mass is 16.5. The number of ether oxygens (including phenoxy) is 1. The standard InChI is InChI=1S/C9H19NO2/c1-5-6-12-9(11)8(10-4)7(2)3/h7-8,10H,5-6H2,1-4H3. The summed E-state index contributed by atoms with van der Waals surface area (Å²) in [6.45, 7) is 6.49. The third kappa shape index (κ3) is 3.72. The molecule has 1 atom stereocenters. The summed E-state index contributed by atoms with van der Waals surface area (Å²) in [6, 6.07) is -0.170. The first-order valence-electron chi connectivity index (χ1n) is 4.47. The second kappa shape index (κ2) is 6.00. The van der Waals surface area contributed by atoms with E-state index in [1.165, 1.54) is 0 Å². The van der Waals surface area contributed by atoms with Gasteiger partial charge in [-0.1, -0.05) is 20.8 Å². The maximum Gasteiger partial charge on any atom is 0.323 e. The van der Waals surface area contributed by atoms with E-state index in [-0.39, 0.29) is 17.9 Å². The molecule has 0 amide bonds. The predicted octanol–water partition coefficient (Wildman–Crippen LogP) is 1.18. The third-order valence-corrected chi connectivity index (χ3v) is 1.68. The lowest BCUT2D eigenvalue weighted by Gasteiger charge is -2.17. The lowest BCUT2D eigenvalue weighted by Crippen LogP contribution is -2.39. The second-order valence-corrected chi connectivity index (χ2v) is 3.18. The van der Waals surface area contributed by atoms with Crippen LogP contribution in [0.5, 0.6) is 0 Å². The van der Waals surface area contributed by atoms with E-state index >= 15 is 0 Å². The van der Waals surface area contributed by atoms with Gasteiger partial charge in [-0.05, 0) is 19.4 Å². The van der Waals surface area contributed by atoms with Crippen molar-refractivity contribution in [3.63, 3.8) is 0 Å². The van der Waals surface area contributed by atoms with Crippen LogP contribution in [0.4, 0.5) is 0 Å². The lowest BCUT2D eigenvalue weighted by atomic mass is 10.1. The molecule has 0 heterocycles. The molecule has 0 fully saturated rings. The summed E-state index contributed by atoms with van der Waals surface area (Å²) in [5, 5.41) is 2.94. The fourth-order valence-electron chi connectivity index (χ4n) is 1.02. The highest BCUT2D eigenvalue weighted by molar-refractivity contribution is 5.76. The monoisotopic (exact) mass is 173 g/mol. The molecule has 0 aliphatic carbocycles. The van der Waals surface area contributed by atoms with E-state index in [1.54, 1.807) is 7.05 Å². The van der Waals surface area contributed by atoms with E-state index in [2.05, 4.69) is 5.32 Å². The summed E-state index contributed by atoms with van der Waals surface area (Å²) >= 11 is 0. The summed E-state index contributed by atoms with van der Waals surface area (Å²) < 4.78 is 5.00. The van der Waals surface area contributed by atoms with Crippen LogP contribution in [0.2, 0.25) is 0 Å². The molecule has 1 N–H and O–H groups in total. The van der Waals surface area contributed by atoms with Crippen LogP contribution in [0, 0.1) is 5.92 Å². The van der Waals surface area contributed by atoms with Crippen LogP contribution < -0.4 is 5.32 Å². The fraction of sp³-hybridized carbons (Fsp3) is 0.889. The van der Waals surface area contributed by atoms with Crippen molar-refractivity contribution in [3.05, 3.63) is 0 Å². The smallest absolute Gasteiger partial charge is 0.323 e. The molecule has 1 unspecified atom stereocenters. The highest BCUT2D eigenvalue weighted by Crippen LogP contribution is 2.03. The Morgan fingerprint density at radius 3 is 2.42 bits per heavy atom. The van der Waals surface area contributed by atoms with Gasteiger partial charge in [-0.3, -0.25) is 4.79 Å². The van der Waals surface area contributed by atoms with Crippen molar-refractivity contribution in [3.8, 4) is 0 Å². The van der Waals surface area contributed by atoms with Gasteiger partial charge >= 0.3 is 5.97 Å². The Morgan fingerprint density at radius 2 is 2.08 bits per heavy atom. The van der Waals surface area contributed by atoms with Crippen LogP contribution in [-0.4, -0.2) is 25.7 Å².